The van der Waals surface area contributed by atoms with E-state index in [0.717, 1.165) is 34.9 Å². The summed E-state index contributed by atoms with van der Waals surface area (Å²) in [6.45, 7) is 1.40. The van der Waals surface area contributed by atoms with Crippen LogP contribution < -0.4 is 4.90 Å². The van der Waals surface area contributed by atoms with Crippen molar-refractivity contribution in [2.45, 2.75) is 23.7 Å². The zero-order chi connectivity index (χ0) is 19.8. The summed E-state index contributed by atoms with van der Waals surface area (Å²) >= 11 is 1.53. The Balaban J connectivity index is 1.34. The van der Waals surface area contributed by atoms with E-state index < -0.39 is 0 Å². The number of aromatic nitrogens is 3. The van der Waals surface area contributed by atoms with Gasteiger partial charge in [0.2, 0.25) is 11.8 Å². The summed E-state index contributed by atoms with van der Waals surface area (Å²) < 4.78 is 2.00. The van der Waals surface area contributed by atoms with Crippen molar-refractivity contribution in [3.63, 3.8) is 0 Å². The highest BCUT2D eigenvalue weighted by molar-refractivity contribution is 8.00. The number of likely N-dealkylation sites (tertiary alicyclic amines) is 1. The fourth-order valence-electron chi connectivity index (χ4n) is 4.12. The Bertz CT molecular complexity index is 1080. The highest BCUT2D eigenvalue weighted by Crippen LogP contribution is 2.35. The smallest absolute Gasteiger partial charge is 0.242 e. The number of thioether (sulfide) groups is 1. The Morgan fingerprint density at radius 3 is 2.93 bits per heavy atom. The number of benzene rings is 1. The first kappa shape index (κ1) is 18.2. The second kappa shape index (κ2) is 7.51. The van der Waals surface area contributed by atoms with Gasteiger partial charge in [-0.15, -0.1) is 22.0 Å². The average molecular weight is 407 g/mol. The van der Waals surface area contributed by atoms with Gasteiger partial charge >= 0.3 is 0 Å². The standard InChI is InChI=1S/C21H21N5O2S/c27-19(13-26-16-7-1-2-8-17(16)29-14-20(26)28)24-10-5-6-15(12-24)21-23-22-18-9-3-4-11-25(18)21/h1-4,7-9,11,15H,5-6,10,12-14H2. The predicted octanol–water partition coefficient (Wildman–Crippen LogP) is 2.57. The van der Waals surface area contributed by atoms with E-state index in [2.05, 4.69) is 10.2 Å². The van der Waals surface area contributed by atoms with Gasteiger partial charge in [0.1, 0.15) is 12.4 Å². The minimum Gasteiger partial charge on any atom is -0.340 e. The highest BCUT2D eigenvalue weighted by Gasteiger charge is 2.31. The van der Waals surface area contributed by atoms with Gasteiger partial charge in [0.15, 0.2) is 5.65 Å². The van der Waals surface area contributed by atoms with Crippen LogP contribution in [0.1, 0.15) is 24.6 Å². The van der Waals surface area contributed by atoms with Crippen molar-refractivity contribution in [1.29, 1.82) is 0 Å². The van der Waals surface area contributed by atoms with Gasteiger partial charge in [-0.25, -0.2) is 0 Å². The first-order valence-corrected chi connectivity index (χ1v) is 10.8. The quantitative estimate of drug-likeness (QED) is 0.667. The second-order valence-corrected chi connectivity index (χ2v) is 8.42. The molecule has 2 aliphatic heterocycles. The third-order valence-corrected chi connectivity index (χ3v) is 6.63. The van der Waals surface area contributed by atoms with Crippen molar-refractivity contribution in [1.82, 2.24) is 19.5 Å². The summed E-state index contributed by atoms with van der Waals surface area (Å²) in [6.07, 6.45) is 3.85. The number of anilines is 1. The maximum absolute atomic E-state index is 13.1. The molecule has 0 N–H and O–H groups in total. The minimum atomic E-state index is -0.0152. The van der Waals surface area contributed by atoms with E-state index >= 15 is 0 Å². The molecule has 2 aliphatic rings. The van der Waals surface area contributed by atoms with Crippen LogP contribution in [0, 0.1) is 0 Å². The molecule has 0 radical (unpaired) electrons. The number of carbonyl (C=O) groups is 2. The lowest BCUT2D eigenvalue weighted by Crippen LogP contribution is -2.47. The monoisotopic (exact) mass is 407 g/mol. The van der Waals surface area contributed by atoms with Crippen LogP contribution in [0.4, 0.5) is 5.69 Å². The van der Waals surface area contributed by atoms with E-state index in [4.69, 9.17) is 0 Å². The molecule has 0 aliphatic carbocycles. The number of piperidine rings is 1. The molecule has 8 heteroatoms. The molecule has 2 amide bonds. The number of fused-ring (bicyclic) bond motifs is 2. The summed E-state index contributed by atoms with van der Waals surface area (Å²) in [6, 6.07) is 13.6. The zero-order valence-corrected chi connectivity index (χ0v) is 16.7. The molecule has 1 saturated heterocycles. The first-order valence-electron chi connectivity index (χ1n) is 9.80. The van der Waals surface area contributed by atoms with Gasteiger partial charge in [0, 0.05) is 30.1 Å². The maximum atomic E-state index is 13.1. The average Bonchev–Trinajstić information content (AvgIpc) is 3.20. The van der Waals surface area contributed by atoms with Crippen molar-refractivity contribution in [3.05, 3.63) is 54.5 Å². The summed E-state index contributed by atoms with van der Waals surface area (Å²) in [5, 5.41) is 8.62. The topological polar surface area (TPSA) is 70.8 Å². The Labute approximate surface area is 172 Å². The summed E-state index contributed by atoms with van der Waals surface area (Å²) in [5.41, 5.74) is 1.65. The SMILES string of the molecule is O=C(CN1C(=O)CSc2ccccc21)N1CCCC(c2nnc3ccccn23)C1. The van der Waals surface area contributed by atoms with Crippen LogP contribution >= 0.6 is 11.8 Å². The molecule has 0 saturated carbocycles. The summed E-state index contributed by atoms with van der Waals surface area (Å²) in [7, 11) is 0. The molecule has 1 atom stereocenters. The highest BCUT2D eigenvalue weighted by atomic mass is 32.2. The Kier molecular flexibility index (Phi) is 4.71. The number of para-hydroxylation sites is 1. The van der Waals surface area contributed by atoms with E-state index in [1.165, 1.54) is 11.8 Å². The number of hydrogen-bond donors (Lipinski definition) is 0. The molecule has 0 bridgehead atoms. The number of nitrogens with zero attached hydrogens (tertiary/aromatic N) is 5. The Morgan fingerprint density at radius 2 is 2.00 bits per heavy atom. The lowest BCUT2D eigenvalue weighted by atomic mass is 9.97. The fraction of sp³-hybridized carbons (Fsp3) is 0.333. The van der Waals surface area contributed by atoms with Crippen molar-refractivity contribution < 1.29 is 9.59 Å². The van der Waals surface area contributed by atoms with Gasteiger partial charge in [-0.1, -0.05) is 18.2 Å². The van der Waals surface area contributed by atoms with Crippen LogP contribution in [-0.4, -0.2) is 56.7 Å². The van der Waals surface area contributed by atoms with Crippen LogP contribution in [0.3, 0.4) is 0 Å². The molecular formula is C21H21N5O2S. The van der Waals surface area contributed by atoms with Crippen LogP contribution in [0.15, 0.2) is 53.6 Å². The molecule has 2 aromatic heterocycles. The third kappa shape index (κ3) is 3.37. The third-order valence-electron chi connectivity index (χ3n) is 5.58. The van der Waals surface area contributed by atoms with Gasteiger partial charge in [0.05, 0.1) is 11.4 Å². The Morgan fingerprint density at radius 1 is 1.14 bits per heavy atom. The van der Waals surface area contributed by atoms with Gasteiger partial charge in [0.25, 0.3) is 0 Å². The molecule has 4 heterocycles. The summed E-state index contributed by atoms with van der Waals surface area (Å²) in [5.74, 6) is 1.38. The van der Waals surface area contributed by atoms with E-state index in [-0.39, 0.29) is 24.3 Å². The van der Waals surface area contributed by atoms with Gasteiger partial charge in [-0.2, -0.15) is 0 Å². The van der Waals surface area contributed by atoms with E-state index in [1.807, 2.05) is 58.0 Å². The van der Waals surface area contributed by atoms with Gasteiger partial charge in [-0.05, 0) is 37.1 Å². The van der Waals surface area contributed by atoms with Crippen LogP contribution in [0.2, 0.25) is 0 Å². The minimum absolute atomic E-state index is 0.0148. The van der Waals surface area contributed by atoms with Crippen molar-refractivity contribution in [2.75, 3.05) is 30.3 Å². The second-order valence-electron chi connectivity index (χ2n) is 7.40. The molecular weight excluding hydrogens is 386 g/mol. The van der Waals surface area contributed by atoms with Crippen molar-refractivity contribution in [2.24, 2.45) is 0 Å². The van der Waals surface area contributed by atoms with Crippen LogP contribution in [-0.2, 0) is 9.59 Å². The number of rotatable bonds is 3. The number of carbonyl (C=O) groups excluding carboxylic acids is 2. The molecule has 1 unspecified atom stereocenters. The lowest BCUT2D eigenvalue weighted by Gasteiger charge is -2.35. The van der Waals surface area contributed by atoms with E-state index in [9.17, 15) is 9.59 Å². The van der Waals surface area contributed by atoms with E-state index in [1.54, 1.807) is 4.90 Å². The zero-order valence-electron chi connectivity index (χ0n) is 15.9. The molecule has 0 spiro atoms. The normalized spacial score (nSPS) is 19.4. The first-order chi connectivity index (χ1) is 14.2. The molecule has 1 fully saturated rings. The number of amides is 2. The molecule has 3 aromatic rings. The molecule has 29 heavy (non-hydrogen) atoms. The largest absolute Gasteiger partial charge is 0.340 e. The fourth-order valence-corrected chi connectivity index (χ4v) is 5.05. The van der Waals surface area contributed by atoms with Crippen molar-refractivity contribution in [3.8, 4) is 0 Å². The van der Waals surface area contributed by atoms with Crippen LogP contribution in [0.25, 0.3) is 5.65 Å². The Hall–Kier alpha value is -2.87. The molecule has 5 rings (SSSR count). The van der Waals surface area contributed by atoms with Gasteiger partial charge < -0.3 is 9.80 Å². The van der Waals surface area contributed by atoms with E-state index in [0.29, 0.717) is 18.8 Å². The van der Waals surface area contributed by atoms with Gasteiger partial charge in [-0.3, -0.25) is 14.0 Å². The number of pyridine rings is 1. The molecule has 148 valence electrons. The molecule has 7 nitrogen and oxygen atoms in total. The number of hydrogen-bond acceptors (Lipinski definition) is 5. The molecule has 1 aromatic carbocycles. The van der Waals surface area contributed by atoms with Crippen LogP contribution in [0.5, 0.6) is 0 Å². The predicted molar refractivity (Wildman–Crippen MR) is 111 cm³/mol. The maximum Gasteiger partial charge on any atom is 0.242 e. The lowest BCUT2D eigenvalue weighted by molar-refractivity contribution is -0.132. The summed E-state index contributed by atoms with van der Waals surface area (Å²) in [4.78, 5) is 30.1. The van der Waals surface area contributed by atoms with Crippen molar-refractivity contribution >= 4 is 34.9 Å².